The number of fused-ring (bicyclic) bond motifs is 10. The van der Waals surface area contributed by atoms with E-state index in [1.807, 2.05) is 11.1 Å². The first-order valence-electron chi connectivity index (χ1n) is 18.0. The Morgan fingerprint density at radius 2 is 0.860 bits per heavy atom. The van der Waals surface area contributed by atoms with Gasteiger partial charge < -0.3 is 24.8 Å². The molecule has 2 atom stereocenters. The summed E-state index contributed by atoms with van der Waals surface area (Å²) in [4.78, 5) is 0. The maximum absolute atomic E-state index is 2.73. The second-order valence-corrected chi connectivity index (χ2v) is 22.5. The van der Waals surface area contributed by atoms with E-state index in [4.69, 9.17) is 0 Å². The molecule has 2 aliphatic carbocycles. The molecule has 1 heterocycles. The maximum atomic E-state index is 2.73. The molecule has 248 valence electrons. The predicted octanol–water partition coefficient (Wildman–Crippen LogP) is 7.13. The molecular weight excluding hydrogens is 743 g/mol. The zero-order valence-corrected chi connectivity index (χ0v) is 34.3. The normalized spacial score (nSPS) is 18.0. The van der Waals surface area contributed by atoms with Gasteiger partial charge in [-0.05, 0) is 0 Å². The van der Waals surface area contributed by atoms with Crippen LogP contribution in [0, 0.1) is 0 Å². The Bertz CT molecular complexity index is 2180. The molecule has 0 N–H and O–H groups in total. The van der Waals surface area contributed by atoms with Gasteiger partial charge in [-0.15, -0.1) is 0 Å². The fourth-order valence-corrected chi connectivity index (χ4v) is 19.9. The first-order chi connectivity index (χ1) is 23.5. The van der Waals surface area contributed by atoms with Crippen LogP contribution in [0.1, 0.15) is 69.0 Å². The monoisotopic (exact) mass is 782 g/mol. The van der Waals surface area contributed by atoms with E-state index in [1.54, 1.807) is 32.6 Å². The maximum Gasteiger partial charge on any atom is -1.00 e. The van der Waals surface area contributed by atoms with Crippen molar-refractivity contribution in [2.45, 2.75) is 59.9 Å². The van der Waals surface area contributed by atoms with Crippen LogP contribution in [-0.2, 0) is 23.2 Å². The van der Waals surface area contributed by atoms with Crippen molar-refractivity contribution in [1.82, 2.24) is 0 Å². The average Bonchev–Trinajstić information content (AvgIpc) is 3.62. The molecule has 6 aromatic carbocycles. The SMILES string of the molecule is CCCC1=C2c3c(-c4cccc5ccccc45)cccc3[CH]1[Zr+2][CH]1C(CCC)=C(c3c(-c4cccc5ccccc45)cccc31)[Si]2(C)C.[Cl-].[Cl-]. The number of hydrogen-bond donors (Lipinski definition) is 0. The Balaban J connectivity index is 0.00000196. The molecule has 0 radical (unpaired) electrons. The molecule has 0 aromatic heterocycles. The average molecular weight is 785 g/mol. The van der Waals surface area contributed by atoms with E-state index < -0.39 is 31.3 Å². The summed E-state index contributed by atoms with van der Waals surface area (Å²) in [5, 5.41) is 8.99. The summed E-state index contributed by atoms with van der Waals surface area (Å²) in [6.45, 7) is 10.3. The smallest absolute Gasteiger partial charge is 1.00 e. The van der Waals surface area contributed by atoms with Crippen LogP contribution in [0.3, 0.4) is 0 Å². The van der Waals surface area contributed by atoms with Crippen molar-refractivity contribution in [1.29, 1.82) is 0 Å². The van der Waals surface area contributed by atoms with E-state index in [2.05, 4.69) is 148 Å². The van der Waals surface area contributed by atoms with Crippen LogP contribution in [0.4, 0.5) is 0 Å². The van der Waals surface area contributed by atoms with Gasteiger partial charge in [-0.3, -0.25) is 0 Å². The molecule has 4 heteroatoms. The summed E-state index contributed by atoms with van der Waals surface area (Å²) in [5.41, 5.74) is 16.0. The minimum absolute atomic E-state index is 0. The first-order valence-corrected chi connectivity index (χ1v) is 23.8. The molecule has 0 nitrogen and oxygen atoms in total. The molecule has 1 aliphatic heterocycles. The minimum atomic E-state index is -2.23. The summed E-state index contributed by atoms with van der Waals surface area (Å²) < 4.78 is 1.29. The second kappa shape index (κ2) is 13.9. The third kappa shape index (κ3) is 5.24. The van der Waals surface area contributed by atoms with Crippen molar-refractivity contribution in [2.24, 2.45) is 0 Å². The molecule has 4 bridgehead atoms. The zero-order chi connectivity index (χ0) is 32.6. The fourth-order valence-electron chi connectivity index (χ4n) is 9.71. The van der Waals surface area contributed by atoms with Gasteiger partial charge in [-0.2, -0.15) is 0 Å². The van der Waals surface area contributed by atoms with Crippen molar-refractivity contribution < 1.29 is 48.0 Å². The minimum Gasteiger partial charge on any atom is -1.00 e. The van der Waals surface area contributed by atoms with Crippen molar-refractivity contribution >= 4 is 40.0 Å². The molecule has 0 saturated heterocycles. The summed E-state index contributed by atoms with van der Waals surface area (Å²) in [7, 11) is -2.23. The molecule has 0 saturated carbocycles. The quantitative estimate of drug-likeness (QED) is 0.158. The molecule has 2 unspecified atom stereocenters. The third-order valence-electron chi connectivity index (χ3n) is 11.4. The number of allylic oxidation sites excluding steroid dienone is 2. The number of benzene rings is 6. The van der Waals surface area contributed by atoms with Gasteiger partial charge in [0.15, 0.2) is 0 Å². The van der Waals surface area contributed by atoms with E-state index in [0.29, 0.717) is 7.25 Å². The van der Waals surface area contributed by atoms with Gasteiger partial charge in [-0.1, -0.05) is 0 Å². The molecule has 0 fully saturated rings. The van der Waals surface area contributed by atoms with Crippen LogP contribution >= 0.6 is 0 Å². The van der Waals surface area contributed by atoms with E-state index in [1.165, 1.54) is 69.5 Å². The second-order valence-electron chi connectivity index (χ2n) is 14.6. The topological polar surface area (TPSA) is 0 Å². The van der Waals surface area contributed by atoms with Crippen LogP contribution in [0.25, 0.3) is 54.2 Å². The molecule has 0 amide bonds. The van der Waals surface area contributed by atoms with Crippen LogP contribution < -0.4 is 24.8 Å². The largest absolute Gasteiger partial charge is 1.00 e. The van der Waals surface area contributed by atoms with E-state index in [0.717, 1.165) is 0 Å². The molecule has 50 heavy (non-hydrogen) atoms. The van der Waals surface area contributed by atoms with E-state index in [9.17, 15) is 0 Å². The first kappa shape index (κ1) is 35.4. The third-order valence-corrected chi connectivity index (χ3v) is 20.0. The molecular formula is C46H42Cl2SiZr. The van der Waals surface area contributed by atoms with Gasteiger partial charge >= 0.3 is 300 Å². The molecule has 9 rings (SSSR count). The van der Waals surface area contributed by atoms with Gasteiger partial charge in [0.05, 0.1) is 0 Å². The van der Waals surface area contributed by atoms with Crippen molar-refractivity contribution in [3.8, 4) is 22.3 Å². The van der Waals surface area contributed by atoms with Gasteiger partial charge in [0.2, 0.25) is 0 Å². The van der Waals surface area contributed by atoms with E-state index in [-0.39, 0.29) is 24.8 Å². The summed E-state index contributed by atoms with van der Waals surface area (Å²) in [6.07, 6.45) is 4.90. The molecule has 6 aromatic rings. The van der Waals surface area contributed by atoms with Crippen LogP contribution in [0.2, 0.25) is 13.1 Å². The van der Waals surface area contributed by atoms with Gasteiger partial charge in [0.1, 0.15) is 0 Å². The summed E-state index contributed by atoms with van der Waals surface area (Å²) in [5.74, 6) is 0. The fraction of sp³-hybridized carbons (Fsp3) is 0.217. The van der Waals surface area contributed by atoms with Crippen LogP contribution in [0.5, 0.6) is 0 Å². The Morgan fingerprint density at radius 1 is 0.480 bits per heavy atom. The van der Waals surface area contributed by atoms with Crippen molar-refractivity contribution in [2.75, 3.05) is 0 Å². The summed E-state index contributed by atoms with van der Waals surface area (Å²) in [6, 6.07) is 46.6. The Kier molecular flexibility index (Phi) is 9.81. The number of rotatable bonds is 6. The Labute approximate surface area is 322 Å². The van der Waals surface area contributed by atoms with Crippen molar-refractivity contribution in [3.63, 3.8) is 0 Å². The van der Waals surface area contributed by atoms with Gasteiger partial charge in [0, 0.05) is 0 Å². The molecule has 0 spiro atoms. The number of halogens is 2. The van der Waals surface area contributed by atoms with Crippen LogP contribution in [0.15, 0.2) is 132 Å². The zero-order valence-electron chi connectivity index (χ0n) is 29.3. The Morgan fingerprint density at radius 3 is 1.30 bits per heavy atom. The van der Waals surface area contributed by atoms with Gasteiger partial charge in [-0.25, -0.2) is 0 Å². The molecule has 3 aliphatic rings. The Hall–Kier alpha value is -3.00. The number of hydrogen-bond acceptors (Lipinski definition) is 0. The predicted molar refractivity (Wildman–Crippen MR) is 205 cm³/mol. The van der Waals surface area contributed by atoms with Gasteiger partial charge in [0.25, 0.3) is 0 Å². The standard InChI is InChI=1S/C46H42Si.2ClH.Zr/c1-5-15-35-29-33-21-13-27-41(39-25-11-19-31-17-7-9-23-37(31)39)43(33)45(35)47(3,4)46-36(16-6-2)30-34-22-14-28-42(44(34)46)40-26-12-20-32-18-8-10-24-38(32)40;;;/h7-14,17-30H,5-6,15-16H2,1-4H3;2*1H;/q;;;+2/p-2. The van der Waals surface area contributed by atoms with Crippen molar-refractivity contribution in [3.05, 3.63) is 155 Å². The van der Waals surface area contributed by atoms with E-state index >= 15 is 0 Å². The van der Waals surface area contributed by atoms with Crippen LogP contribution in [-0.4, -0.2) is 8.07 Å². The summed E-state index contributed by atoms with van der Waals surface area (Å²) >= 11 is -1.01.